The Kier molecular flexibility index (Phi) is 3.03. The Hall–Kier alpha value is -0.930. The largest absolute Gasteiger partial charge is 0.308 e. The molecule has 1 fully saturated rings. The molecule has 0 saturated heterocycles. The Bertz CT molecular complexity index is 388. The molecule has 0 amide bonds. The van der Waals surface area contributed by atoms with E-state index in [0.717, 1.165) is 12.8 Å². The van der Waals surface area contributed by atoms with Crippen LogP contribution in [0.25, 0.3) is 0 Å². The lowest BCUT2D eigenvalue weighted by Gasteiger charge is -2.07. The van der Waals surface area contributed by atoms with Crippen LogP contribution in [-0.4, -0.2) is 18.3 Å². The summed E-state index contributed by atoms with van der Waals surface area (Å²) >= 11 is 5.64. The molecular weight excluding hydrogens is 215 g/mol. The van der Waals surface area contributed by atoms with Crippen molar-refractivity contribution in [2.75, 3.05) is 6.54 Å². The lowest BCUT2D eigenvalue weighted by Crippen LogP contribution is -2.25. The minimum atomic E-state index is -0.498. The molecule has 1 aliphatic rings. The standard InChI is InChI=1S/C11H12ClFN2/c12-9-3-1-2-8(11(9)13)10(14)6-15-7-4-5-7/h1-3,7,14-15H,4-6H2. The molecule has 1 aliphatic carbocycles. The molecule has 1 saturated carbocycles. The van der Waals surface area contributed by atoms with Crippen LogP contribution in [0.2, 0.25) is 5.02 Å². The zero-order valence-electron chi connectivity index (χ0n) is 8.19. The quantitative estimate of drug-likeness (QED) is 0.761. The zero-order valence-corrected chi connectivity index (χ0v) is 8.94. The van der Waals surface area contributed by atoms with Gasteiger partial charge in [-0.15, -0.1) is 0 Å². The summed E-state index contributed by atoms with van der Waals surface area (Å²) in [6.07, 6.45) is 2.32. The monoisotopic (exact) mass is 226 g/mol. The summed E-state index contributed by atoms with van der Waals surface area (Å²) in [6.45, 7) is 0.405. The lowest BCUT2D eigenvalue weighted by molar-refractivity contribution is 0.624. The predicted octanol–water partition coefficient (Wildman–Crippen LogP) is 2.60. The molecule has 0 aliphatic heterocycles. The minimum Gasteiger partial charge on any atom is -0.308 e. The molecule has 0 radical (unpaired) electrons. The summed E-state index contributed by atoms with van der Waals surface area (Å²) in [4.78, 5) is 0. The maximum Gasteiger partial charge on any atom is 0.150 e. The molecule has 80 valence electrons. The van der Waals surface area contributed by atoms with E-state index in [1.165, 1.54) is 6.07 Å². The molecule has 15 heavy (non-hydrogen) atoms. The molecule has 0 aromatic heterocycles. The molecule has 2 nitrogen and oxygen atoms in total. The van der Waals surface area contributed by atoms with Crippen molar-refractivity contribution >= 4 is 17.3 Å². The average Bonchev–Trinajstić information content (AvgIpc) is 3.02. The second-order valence-corrected chi connectivity index (χ2v) is 4.14. The van der Waals surface area contributed by atoms with Gasteiger partial charge in [0, 0.05) is 18.2 Å². The van der Waals surface area contributed by atoms with E-state index in [1.807, 2.05) is 0 Å². The van der Waals surface area contributed by atoms with E-state index < -0.39 is 5.82 Å². The van der Waals surface area contributed by atoms with E-state index in [9.17, 15) is 4.39 Å². The van der Waals surface area contributed by atoms with Crippen LogP contribution >= 0.6 is 11.6 Å². The third-order valence-corrected chi connectivity index (χ3v) is 2.71. The van der Waals surface area contributed by atoms with Crippen LogP contribution in [0.3, 0.4) is 0 Å². The van der Waals surface area contributed by atoms with Crippen molar-refractivity contribution in [1.82, 2.24) is 5.32 Å². The normalized spacial score (nSPS) is 15.3. The molecule has 2 N–H and O–H groups in total. The Morgan fingerprint density at radius 1 is 1.53 bits per heavy atom. The van der Waals surface area contributed by atoms with Crippen LogP contribution in [0.1, 0.15) is 18.4 Å². The van der Waals surface area contributed by atoms with Crippen LogP contribution in [0, 0.1) is 11.2 Å². The molecule has 0 spiro atoms. The van der Waals surface area contributed by atoms with Gasteiger partial charge < -0.3 is 10.7 Å². The molecular formula is C11H12ClFN2. The molecule has 1 aromatic carbocycles. The van der Waals surface area contributed by atoms with Gasteiger partial charge in [0.05, 0.1) is 10.7 Å². The second-order valence-electron chi connectivity index (χ2n) is 3.74. The van der Waals surface area contributed by atoms with E-state index in [4.69, 9.17) is 17.0 Å². The maximum atomic E-state index is 13.5. The first kappa shape index (κ1) is 10.6. The summed E-state index contributed by atoms with van der Waals surface area (Å²) in [5, 5.41) is 11.0. The van der Waals surface area contributed by atoms with E-state index >= 15 is 0 Å². The number of halogens is 2. The van der Waals surface area contributed by atoms with Crippen molar-refractivity contribution in [1.29, 1.82) is 5.41 Å². The Labute approximate surface area is 93.0 Å². The first-order chi connectivity index (χ1) is 7.18. The maximum absolute atomic E-state index is 13.5. The SMILES string of the molecule is N=C(CNC1CC1)c1cccc(Cl)c1F. The van der Waals surface area contributed by atoms with Crippen LogP contribution in [0.4, 0.5) is 4.39 Å². The van der Waals surface area contributed by atoms with E-state index in [-0.39, 0.29) is 16.3 Å². The average molecular weight is 227 g/mol. The summed E-state index contributed by atoms with van der Waals surface area (Å²) < 4.78 is 13.5. The molecule has 4 heteroatoms. The number of rotatable bonds is 4. The van der Waals surface area contributed by atoms with Gasteiger partial charge >= 0.3 is 0 Å². The number of hydrogen-bond donors (Lipinski definition) is 2. The predicted molar refractivity (Wildman–Crippen MR) is 59.3 cm³/mol. The lowest BCUT2D eigenvalue weighted by atomic mass is 10.1. The van der Waals surface area contributed by atoms with E-state index in [0.29, 0.717) is 12.6 Å². The first-order valence-electron chi connectivity index (χ1n) is 4.93. The van der Waals surface area contributed by atoms with Gasteiger partial charge in [0.2, 0.25) is 0 Å². The number of nitrogens with one attached hydrogen (secondary N) is 2. The second kappa shape index (κ2) is 4.29. The van der Waals surface area contributed by atoms with Crippen molar-refractivity contribution in [3.63, 3.8) is 0 Å². The fraction of sp³-hybridized carbons (Fsp3) is 0.364. The van der Waals surface area contributed by atoms with Crippen LogP contribution in [0.5, 0.6) is 0 Å². The highest BCUT2D eigenvalue weighted by Crippen LogP contribution is 2.20. The van der Waals surface area contributed by atoms with Crippen molar-refractivity contribution in [2.45, 2.75) is 18.9 Å². The molecule has 0 unspecified atom stereocenters. The van der Waals surface area contributed by atoms with Crippen LogP contribution in [-0.2, 0) is 0 Å². The Morgan fingerprint density at radius 3 is 2.93 bits per heavy atom. The van der Waals surface area contributed by atoms with Gasteiger partial charge in [0.1, 0.15) is 0 Å². The minimum absolute atomic E-state index is 0.0728. The highest BCUT2D eigenvalue weighted by molar-refractivity contribution is 6.31. The molecule has 2 rings (SSSR count). The Balaban J connectivity index is 2.06. The molecule has 0 bridgehead atoms. The van der Waals surface area contributed by atoms with E-state index in [1.54, 1.807) is 12.1 Å². The third-order valence-electron chi connectivity index (χ3n) is 2.42. The van der Waals surface area contributed by atoms with Gasteiger partial charge in [-0.05, 0) is 18.9 Å². The van der Waals surface area contributed by atoms with Crippen LogP contribution < -0.4 is 5.32 Å². The van der Waals surface area contributed by atoms with E-state index in [2.05, 4.69) is 5.32 Å². The summed E-state index contributed by atoms with van der Waals surface area (Å²) in [6, 6.07) is 5.25. The molecule has 0 heterocycles. The topological polar surface area (TPSA) is 35.9 Å². The van der Waals surface area contributed by atoms with Crippen molar-refractivity contribution in [3.05, 3.63) is 34.6 Å². The highest BCUT2D eigenvalue weighted by Gasteiger charge is 2.21. The van der Waals surface area contributed by atoms with Crippen molar-refractivity contribution < 1.29 is 4.39 Å². The van der Waals surface area contributed by atoms with Crippen LogP contribution in [0.15, 0.2) is 18.2 Å². The number of hydrogen-bond acceptors (Lipinski definition) is 2. The van der Waals surface area contributed by atoms with Crippen molar-refractivity contribution in [2.24, 2.45) is 0 Å². The zero-order chi connectivity index (χ0) is 10.8. The summed E-state index contributed by atoms with van der Waals surface area (Å²) in [5.41, 5.74) is 0.539. The fourth-order valence-corrected chi connectivity index (χ4v) is 1.54. The van der Waals surface area contributed by atoms with Crippen molar-refractivity contribution in [3.8, 4) is 0 Å². The van der Waals surface area contributed by atoms with Gasteiger partial charge in [-0.2, -0.15) is 0 Å². The summed E-state index contributed by atoms with van der Waals surface area (Å²) in [7, 11) is 0. The van der Waals surface area contributed by atoms with Gasteiger partial charge in [-0.1, -0.05) is 23.7 Å². The summed E-state index contributed by atoms with van der Waals surface area (Å²) in [5.74, 6) is -0.498. The fourth-order valence-electron chi connectivity index (χ4n) is 1.37. The highest BCUT2D eigenvalue weighted by atomic mass is 35.5. The Morgan fingerprint density at radius 2 is 2.27 bits per heavy atom. The third kappa shape index (κ3) is 2.55. The smallest absolute Gasteiger partial charge is 0.150 e. The van der Waals surface area contributed by atoms with Gasteiger partial charge in [-0.3, -0.25) is 0 Å². The molecule has 0 atom stereocenters. The van der Waals surface area contributed by atoms with Gasteiger partial charge in [0.15, 0.2) is 5.82 Å². The van der Waals surface area contributed by atoms with Gasteiger partial charge in [-0.25, -0.2) is 4.39 Å². The number of benzene rings is 1. The van der Waals surface area contributed by atoms with Gasteiger partial charge in [0.25, 0.3) is 0 Å². The molecule has 1 aromatic rings. The first-order valence-corrected chi connectivity index (χ1v) is 5.31.